The molecule has 0 bridgehead atoms. The van der Waals surface area contributed by atoms with Crippen molar-refractivity contribution in [2.45, 2.75) is 67.5 Å². The van der Waals surface area contributed by atoms with Crippen LogP contribution in [0.1, 0.15) is 55.4 Å². The third-order valence-corrected chi connectivity index (χ3v) is 4.23. The first-order valence-electron chi connectivity index (χ1n) is 8.09. The molecule has 0 aromatic heterocycles. The molecule has 0 aromatic carbocycles. The van der Waals surface area contributed by atoms with Gasteiger partial charge in [-0.05, 0) is 24.7 Å². The second-order valence-corrected chi connectivity index (χ2v) is 8.63. The summed E-state index contributed by atoms with van der Waals surface area (Å²) in [5.74, 6) is 1.38. The quantitative estimate of drug-likeness (QED) is 0.773. The average Bonchev–Trinajstić information content (AvgIpc) is 2.95. The monoisotopic (exact) mass is 306 g/mol. The Hall–Kier alpha value is -1.32. The van der Waals surface area contributed by atoms with E-state index in [-0.39, 0.29) is 22.9 Å². The number of allylic oxidation sites excluding steroid dienone is 1. The highest BCUT2D eigenvalue weighted by Crippen LogP contribution is 2.31. The lowest BCUT2D eigenvalue weighted by atomic mass is 9.88. The van der Waals surface area contributed by atoms with E-state index in [0.29, 0.717) is 25.0 Å². The van der Waals surface area contributed by atoms with E-state index in [1.165, 1.54) is 0 Å². The summed E-state index contributed by atoms with van der Waals surface area (Å²) in [6.45, 7) is 18.5. The first-order valence-corrected chi connectivity index (χ1v) is 8.09. The van der Waals surface area contributed by atoms with Crippen LogP contribution in [0.3, 0.4) is 0 Å². The number of ether oxygens (including phenoxy) is 2. The number of hydrogen-bond acceptors (Lipinski definition) is 4. The van der Waals surface area contributed by atoms with Crippen molar-refractivity contribution in [3.63, 3.8) is 0 Å². The molecule has 0 saturated heterocycles. The van der Waals surface area contributed by atoms with E-state index in [1.807, 2.05) is 0 Å². The van der Waals surface area contributed by atoms with Gasteiger partial charge in [0.25, 0.3) is 0 Å². The lowest BCUT2D eigenvalue weighted by Crippen LogP contribution is -2.25. The number of rotatable bonds is 2. The molecule has 2 rings (SSSR count). The highest BCUT2D eigenvalue weighted by Gasteiger charge is 2.36. The van der Waals surface area contributed by atoms with Gasteiger partial charge in [0.2, 0.25) is 11.8 Å². The van der Waals surface area contributed by atoms with Crippen LogP contribution in [-0.4, -0.2) is 37.1 Å². The van der Waals surface area contributed by atoms with Crippen LogP contribution in [0.25, 0.3) is 0 Å². The molecule has 0 N–H and O–H groups in total. The predicted molar refractivity (Wildman–Crippen MR) is 91.6 cm³/mol. The molecule has 0 unspecified atom stereocenters. The maximum Gasteiger partial charge on any atom is 0.222 e. The predicted octanol–water partition coefficient (Wildman–Crippen LogP) is 4.01. The van der Waals surface area contributed by atoms with E-state index in [0.717, 1.165) is 11.1 Å². The second kappa shape index (κ2) is 5.71. The van der Waals surface area contributed by atoms with Crippen molar-refractivity contribution in [1.29, 1.82) is 0 Å². The van der Waals surface area contributed by atoms with Gasteiger partial charge in [-0.15, -0.1) is 0 Å². The molecule has 2 aliphatic heterocycles. The summed E-state index contributed by atoms with van der Waals surface area (Å²) in [6, 6.07) is 0.356. The minimum absolute atomic E-state index is 0.0980. The van der Waals surface area contributed by atoms with E-state index >= 15 is 0 Å². The van der Waals surface area contributed by atoms with E-state index < -0.39 is 0 Å². The van der Waals surface area contributed by atoms with E-state index in [9.17, 15) is 0 Å². The van der Waals surface area contributed by atoms with Gasteiger partial charge in [0, 0.05) is 0 Å². The molecule has 0 radical (unpaired) electrons. The van der Waals surface area contributed by atoms with Crippen molar-refractivity contribution in [3.8, 4) is 0 Å². The Bertz CT molecular complexity index is 484. The van der Waals surface area contributed by atoms with Crippen LogP contribution in [0.2, 0.25) is 0 Å². The summed E-state index contributed by atoms with van der Waals surface area (Å²) in [7, 11) is 0. The summed E-state index contributed by atoms with van der Waals surface area (Å²) < 4.78 is 11.8. The van der Waals surface area contributed by atoms with Gasteiger partial charge in [-0.2, -0.15) is 0 Å². The molecule has 0 amide bonds. The van der Waals surface area contributed by atoms with Gasteiger partial charge in [-0.3, -0.25) is 0 Å². The first kappa shape index (κ1) is 17.0. The SMILES string of the molecule is CC(C)=C(C1=N[C@H](C(C)(C)C)CO1)C1=N[C@H](C(C)(C)C)CO1. The molecule has 0 aliphatic carbocycles. The van der Waals surface area contributed by atoms with Crippen molar-refractivity contribution in [1.82, 2.24) is 0 Å². The topological polar surface area (TPSA) is 43.2 Å². The largest absolute Gasteiger partial charge is 0.475 e. The van der Waals surface area contributed by atoms with Gasteiger partial charge < -0.3 is 9.47 Å². The maximum atomic E-state index is 5.88. The summed E-state index contributed by atoms with van der Waals surface area (Å²) in [5, 5.41) is 0. The number of aliphatic imine (C=N–C) groups is 2. The van der Waals surface area contributed by atoms with E-state index in [1.54, 1.807) is 0 Å². The molecule has 22 heavy (non-hydrogen) atoms. The standard InChI is InChI=1S/C18H30N2O2/c1-11(2)14(15-19-12(9-21-15)17(3,4)5)16-20-13(10-22-16)18(6,7)8/h12-13H,9-10H2,1-8H3/t12-,13-/m0/s1. The zero-order chi connectivity index (χ0) is 16.7. The Balaban J connectivity index is 2.30. The number of nitrogens with zero attached hydrogens (tertiary/aromatic N) is 2. The molecule has 0 spiro atoms. The van der Waals surface area contributed by atoms with Crippen LogP contribution in [-0.2, 0) is 9.47 Å². The minimum Gasteiger partial charge on any atom is -0.475 e. The minimum atomic E-state index is 0.0980. The molecule has 2 atom stereocenters. The molecule has 124 valence electrons. The third kappa shape index (κ3) is 3.53. The van der Waals surface area contributed by atoms with Crippen LogP contribution in [0.15, 0.2) is 21.1 Å². The van der Waals surface area contributed by atoms with E-state index in [4.69, 9.17) is 19.5 Å². The van der Waals surface area contributed by atoms with Crippen molar-refractivity contribution in [2.24, 2.45) is 20.8 Å². The van der Waals surface area contributed by atoms with Crippen LogP contribution in [0, 0.1) is 10.8 Å². The highest BCUT2D eigenvalue weighted by molar-refractivity contribution is 6.19. The van der Waals surface area contributed by atoms with Crippen LogP contribution >= 0.6 is 0 Å². The van der Waals surface area contributed by atoms with Gasteiger partial charge in [-0.25, -0.2) is 9.98 Å². The number of hydrogen-bond donors (Lipinski definition) is 0. The van der Waals surface area contributed by atoms with E-state index in [2.05, 4.69) is 55.4 Å². The maximum absolute atomic E-state index is 5.88. The molecular weight excluding hydrogens is 276 g/mol. The summed E-state index contributed by atoms with van der Waals surface area (Å²) in [6.07, 6.45) is 0. The van der Waals surface area contributed by atoms with Crippen LogP contribution in [0.5, 0.6) is 0 Å². The molecule has 4 nitrogen and oxygen atoms in total. The third-order valence-electron chi connectivity index (χ3n) is 4.23. The molecule has 0 fully saturated rings. The Morgan fingerprint density at radius 2 is 1.18 bits per heavy atom. The molecule has 2 heterocycles. The molecule has 0 aromatic rings. The molecular formula is C18H30N2O2. The first-order chi connectivity index (χ1) is 10.00. The fourth-order valence-electron chi connectivity index (χ4n) is 2.43. The fourth-order valence-corrected chi connectivity index (χ4v) is 2.43. The van der Waals surface area contributed by atoms with Crippen LogP contribution in [0.4, 0.5) is 0 Å². The Morgan fingerprint density at radius 3 is 1.41 bits per heavy atom. The van der Waals surface area contributed by atoms with Crippen molar-refractivity contribution < 1.29 is 9.47 Å². The van der Waals surface area contributed by atoms with Gasteiger partial charge in [0.1, 0.15) is 13.2 Å². The van der Waals surface area contributed by atoms with Gasteiger partial charge in [0.05, 0.1) is 17.7 Å². The molecule has 0 saturated carbocycles. The zero-order valence-electron chi connectivity index (χ0n) is 15.3. The van der Waals surface area contributed by atoms with Crippen molar-refractivity contribution in [2.75, 3.05) is 13.2 Å². The summed E-state index contributed by atoms with van der Waals surface area (Å²) >= 11 is 0. The average molecular weight is 306 g/mol. The molecule has 2 aliphatic rings. The molecule has 4 heteroatoms. The Morgan fingerprint density at radius 1 is 0.818 bits per heavy atom. The van der Waals surface area contributed by atoms with Crippen molar-refractivity contribution in [3.05, 3.63) is 11.1 Å². The normalized spacial score (nSPS) is 25.3. The Labute approximate surface area is 134 Å². The lowest BCUT2D eigenvalue weighted by molar-refractivity contribution is 0.232. The fraction of sp³-hybridized carbons (Fsp3) is 0.778. The van der Waals surface area contributed by atoms with Crippen LogP contribution < -0.4 is 0 Å². The second-order valence-electron chi connectivity index (χ2n) is 8.63. The van der Waals surface area contributed by atoms with Crippen molar-refractivity contribution >= 4 is 11.8 Å². The smallest absolute Gasteiger partial charge is 0.222 e. The summed E-state index contributed by atoms with van der Waals surface area (Å²) in [5.41, 5.74) is 2.25. The van der Waals surface area contributed by atoms with Gasteiger partial charge in [0.15, 0.2) is 0 Å². The summed E-state index contributed by atoms with van der Waals surface area (Å²) in [4.78, 5) is 9.58. The zero-order valence-corrected chi connectivity index (χ0v) is 15.3. The highest BCUT2D eigenvalue weighted by atomic mass is 16.5. The Kier molecular flexibility index (Phi) is 4.42. The van der Waals surface area contributed by atoms with Gasteiger partial charge in [-0.1, -0.05) is 47.1 Å². The van der Waals surface area contributed by atoms with Gasteiger partial charge >= 0.3 is 0 Å². The lowest BCUT2D eigenvalue weighted by Gasteiger charge is -2.21.